The second-order valence-corrected chi connectivity index (χ2v) is 6.47. The Hall–Kier alpha value is -0.730. The van der Waals surface area contributed by atoms with Crippen molar-refractivity contribution in [3.8, 4) is 0 Å². The molecule has 0 aromatic heterocycles. The van der Waals surface area contributed by atoms with Crippen molar-refractivity contribution >= 4 is 18.1 Å². The first kappa shape index (κ1) is 20.3. The highest BCUT2D eigenvalue weighted by atomic mass is 35.5. The molecular weight excluding hydrogens is 306 g/mol. The van der Waals surface area contributed by atoms with Crippen LogP contribution in [-0.4, -0.2) is 12.6 Å². The lowest BCUT2D eigenvalue weighted by Crippen LogP contribution is -2.38. The Bertz CT molecular complexity index is 443. The molecule has 1 aromatic carbocycles. The standard InChI is InChI=1S/C20H33NO.ClH/c1-4-7-15-22-21(19-11-9-8-10-12-19)20-16-17(5-2)13-14-18(20)6-3;/h13-14,16,19H,4-12,15H2,1-3H3;1H. The minimum Gasteiger partial charge on any atom is -0.273 e. The Kier molecular flexibility index (Phi) is 9.66. The summed E-state index contributed by atoms with van der Waals surface area (Å²) in [6.45, 7) is 7.54. The van der Waals surface area contributed by atoms with Crippen LogP contribution in [-0.2, 0) is 17.7 Å². The Balaban J connectivity index is 0.00000264. The Morgan fingerprint density at radius 1 is 1.04 bits per heavy atom. The van der Waals surface area contributed by atoms with Gasteiger partial charge in [0.1, 0.15) is 0 Å². The van der Waals surface area contributed by atoms with Crippen LogP contribution in [0, 0.1) is 0 Å². The summed E-state index contributed by atoms with van der Waals surface area (Å²) in [5.74, 6) is 0. The van der Waals surface area contributed by atoms with Gasteiger partial charge in [0.15, 0.2) is 0 Å². The van der Waals surface area contributed by atoms with Crippen LogP contribution in [0.25, 0.3) is 0 Å². The third-order valence-electron chi connectivity index (χ3n) is 4.81. The topological polar surface area (TPSA) is 12.5 Å². The molecule has 2 nitrogen and oxygen atoms in total. The number of benzene rings is 1. The highest BCUT2D eigenvalue weighted by Gasteiger charge is 2.24. The normalized spacial score (nSPS) is 15.3. The van der Waals surface area contributed by atoms with Crippen LogP contribution in [0.3, 0.4) is 0 Å². The molecule has 23 heavy (non-hydrogen) atoms. The molecule has 1 aromatic rings. The SMILES string of the molecule is CCCCON(c1cc(CC)ccc1CC)C1CCCCC1.Cl. The molecule has 0 amide bonds. The summed E-state index contributed by atoms with van der Waals surface area (Å²) >= 11 is 0. The first-order valence-corrected chi connectivity index (χ1v) is 9.34. The van der Waals surface area contributed by atoms with E-state index in [0.29, 0.717) is 6.04 Å². The number of halogens is 1. The molecule has 0 radical (unpaired) electrons. The first-order valence-electron chi connectivity index (χ1n) is 9.34. The molecule has 1 aliphatic rings. The van der Waals surface area contributed by atoms with Crippen molar-refractivity contribution in [2.75, 3.05) is 11.7 Å². The van der Waals surface area contributed by atoms with E-state index >= 15 is 0 Å². The third-order valence-corrected chi connectivity index (χ3v) is 4.81. The van der Waals surface area contributed by atoms with Crippen LogP contribution in [0.15, 0.2) is 18.2 Å². The maximum Gasteiger partial charge on any atom is 0.0748 e. The molecule has 2 rings (SSSR count). The number of hydrogen-bond acceptors (Lipinski definition) is 2. The predicted octanol–water partition coefficient (Wildman–Crippen LogP) is 6.10. The Labute approximate surface area is 149 Å². The van der Waals surface area contributed by atoms with Gasteiger partial charge in [-0.1, -0.05) is 58.6 Å². The summed E-state index contributed by atoms with van der Waals surface area (Å²) in [4.78, 5) is 6.28. The second kappa shape index (κ2) is 10.9. The quantitative estimate of drug-likeness (QED) is 0.419. The second-order valence-electron chi connectivity index (χ2n) is 6.47. The van der Waals surface area contributed by atoms with Gasteiger partial charge >= 0.3 is 0 Å². The maximum absolute atomic E-state index is 6.28. The molecule has 3 heteroatoms. The van der Waals surface area contributed by atoms with Gasteiger partial charge in [0.05, 0.1) is 18.3 Å². The van der Waals surface area contributed by atoms with Gasteiger partial charge in [0.25, 0.3) is 0 Å². The van der Waals surface area contributed by atoms with Gasteiger partial charge in [0, 0.05) is 0 Å². The summed E-state index contributed by atoms with van der Waals surface area (Å²) in [5, 5.41) is 2.28. The Morgan fingerprint density at radius 2 is 1.78 bits per heavy atom. The van der Waals surface area contributed by atoms with Crippen LogP contribution in [0.1, 0.15) is 76.8 Å². The highest BCUT2D eigenvalue weighted by molar-refractivity contribution is 5.85. The van der Waals surface area contributed by atoms with E-state index in [2.05, 4.69) is 44.0 Å². The summed E-state index contributed by atoms with van der Waals surface area (Å²) in [5.41, 5.74) is 4.15. The van der Waals surface area contributed by atoms with Crippen molar-refractivity contribution in [3.05, 3.63) is 29.3 Å². The van der Waals surface area contributed by atoms with Crippen molar-refractivity contribution in [1.82, 2.24) is 0 Å². The molecule has 1 saturated carbocycles. The van der Waals surface area contributed by atoms with Crippen molar-refractivity contribution in [1.29, 1.82) is 0 Å². The molecule has 0 atom stereocenters. The predicted molar refractivity (Wildman–Crippen MR) is 103 cm³/mol. The lowest BCUT2D eigenvalue weighted by atomic mass is 9.94. The van der Waals surface area contributed by atoms with E-state index in [1.807, 2.05) is 0 Å². The number of unbranched alkanes of at least 4 members (excludes halogenated alkanes) is 1. The number of hydrogen-bond donors (Lipinski definition) is 0. The van der Waals surface area contributed by atoms with Gasteiger partial charge in [-0.15, -0.1) is 12.4 Å². The molecule has 132 valence electrons. The van der Waals surface area contributed by atoms with E-state index in [4.69, 9.17) is 4.84 Å². The minimum atomic E-state index is 0. The number of nitrogens with zero attached hydrogens (tertiary/aromatic N) is 1. The molecule has 0 saturated heterocycles. The van der Waals surface area contributed by atoms with Gasteiger partial charge in [-0.25, -0.2) is 0 Å². The highest BCUT2D eigenvalue weighted by Crippen LogP contribution is 2.31. The monoisotopic (exact) mass is 339 g/mol. The summed E-state index contributed by atoms with van der Waals surface area (Å²) in [7, 11) is 0. The average molecular weight is 340 g/mol. The third kappa shape index (κ3) is 5.69. The van der Waals surface area contributed by atoms with E-state index in [1.165, 1.54) is 55.3 Å². The maximum atomic E-state index is 6.28. The van der Waals surface area contributed by atoms with Crippen molar-refractivity contribution in [2.24, 2.45) is 0 Å². The van der Waals surface area contributed by atoms with Crippen molar-refractivity contribution < 1.29 is 4.84 Å². The molecule has 0 N–H and O–H groups in total. The molecule has 1 fully saturated rings. The van der Waals surface area contributed by atoms with Crippen LogP contribution in [0.2, 0.25) is 0 Å². The average Bonchev–Trinajstić information content (AvgIpc) is 2.59. The molecule has 1 aliphatic carbocycles. The largest absolute Gasteiger partial charge is 0.273 e. The zero-order valence-corrected chi connectivity index (χ0v) is 16.0. The van der Waals surface area contributed by atoms with E-state index in [0.717, 1.165) is 25.9 Å². The van der Waals surface area contributed by atoms with Crippen LogP contribution >= 0.6 is 12.4 Å². The zero-order valence-electron chi connectivity index (χ0n) is 15.1. The molecular formula is C20H34ClNO. The fourth-order valence-corrected chi connectivity index (χ4v) is 3.33. The van der Waals surface area contributed by atoms with E-state index in [-0.39, 0.29) is 12.4 Å². The lowest BCUT2D eigenvalue weighted by molar-refractivity contribution is 0.0737. The van der Waals surface area contributed by atoms with E-state index in [9.17, 15) is 0 Å². The van der Waals surface area contributed by atoms with Gasteiger partial charge in [0.2, 0.25) is 0 Å². The number of aryl methyl sites for hydroxylation is 2. The number of rotatable bonds is 8. The minimum absolute atomic E-state index is 0. The summed E-state index contributed by atoms with van der Waals surface area (Å²) in [6.07, 6.45) is 11.1. The summed E-state index contributed by atoms with van der Waals surface area (Å²) in [6, 6.07) is 7.49. The van der Waals surface area contributed by atoms with E-state index in [1.54, 1.807) is 0 Å². The van der Waals surface area contributed by atoms with Gasteiger partial charge in [-0.05, 0) is 49.3 Å². The lowest BCUT2D eigenvalue weighted by Gasteiger charge is -2.36. The van der Waals surface area contributed by atoms with E-state index < -0.39 is 0 Å². The zero-order chi connectivity index (χ0) is 15.8. The molecule has 0 bridgehead atoms. The summed E-state index contributed by atoms with van der Waals surface area (Å²) < 4.78 is 0. The first-order chi connectivity index (χ1) is 10.8. The molecule has 0 unspecified atom stereocenters. The Morgan fingerprint density at radius 3 is 2.39 bits per heavy atom. The van der Waals surface area contributed by atoms with Crippen molar-refractivity contribution in [3.63, 3.8) is 0 Å². The number of hydroxylamine groups is 1. The fraction of sp³-hybridized carbons (Fsp3) is 0.700. The van der Waals surface area contributed by atoms with Gasteiger partial charge < -0.3 is 0 Å². The van der Waals surface area contributed by atoms with Crippen LogP contribution < -0.4 is 5.06 Å². The van der Waals surface area contributed by atoms with Gasteiger partial charge in [-0.3, -0.25) is 9.90 Å². The molecule has 0 aliphatic heterocycles. The molecule has 0 spiro atoms. The van der Waals surface area contributed by atoms with Crippen molar-refractivity contribution in [2.45, 2.75) is 84.6 Å². The smallest absolute Gasteiger partial charge is 0.0748 e. The number of anilines is 1. The van der Waals surface area contributed by atoms with Crippen LogP contribution in [0.5, 0.6) is 0 Å². The van der Waals surface area contributed by atoms with Crippen LogP contribution in [0.4, 0.5) is 5.69 Å². The van der Waals surface area contributed by atoms with Gasteiger partial charge in [-0.2, -0.15) is 0 Å². The molecule has 0 heterocycles. The fourth-order valence-electron chi connectivity index (χ4n) is 3.33.